The van der Waals surface area contributed by atoms with E-state index in [2.05, 4.69) is 20.9 Å². The summed E-state index contributed by atoms with van der Waals surface area (Å²) in [5.74, 6) is -0.216. The molecular weight excluding hydrogens is 458 g/mol. The highest BCUT2D eigenvalue weighted by molar-refractivity contribution is 6.04. The summed E-state index contributed by atoms with van der Waals surface area (Å²) in [6.07, 6.45) is 3.31. The summed E-state index contributed by atoms with van der Waals surface area (Å²) in [6, 6.07) is 19.9. The van der Waals surface area contributed by atoms with E-state index in [1.54, 1.807) is 12.1 Å². The minimum atomic E-state index is -0.515. The van der Waals surface area contributed by atoms with E-state index in [0.717, 1.165) is 37.2 Å². The van der Waals surface area contributed by atoms with E-state index in [1.165, 1.54) is 30.7 Å². The number of rotatable bonds is 7. The molecular formula is C27H29N5O4. The Morgan fingerprint density at radius 3 is 2.19 bits per heavy atom. The summed E-state index contributed by atoms with van der Waals surface area (Å²) >= 11 is 0. The largest absolute Gasteiger partial charge is 0.371 e. The number of carbonyl (C=O) groups excluding carboxylic acids is 2. The number of nitrogens with one attached hydrogen (secondary N) is 3. The summed E-state index contributed by atoms with van der Waals surface area (Å²) in [7, 11) is 0. The second kappa shape index (κ2) is 11.4. The fourth-order valence-electron chi connectivity index (χ4n) is 4.27. The average molecular weight is 488 g/mol. The van der Waals surface area contributed by atoms with Gasteiger partial charge in [-0.1, -0.05) is 30.3 Å². The lowest BCUT2D eigenvalue weighted by Gasteiger charge is -2.31. The summed E-state index contributed by atoms with van der Waals surface area (Å²) in [6.45, 7) is 3.69. The van der Waals surface area contributed by atoms with Crippen molar-refractivity contribution in [2.75, 3.05) is 28.6 Å². The summed E-state index contributed by atoms with van der Waals surface area (Å²) in [5, 5.41) is 19.3. The SMILES string of the molecule is CC(NC(=O)c1cc(NC(=O)Nc2ccc([N+](=O)[O-])cc2)ccc1N1CCCCC1)c1ccccc1. The molecule has 1 fully saturated rings. The molecule has 1 heterocycles. The number of non-ortho nitro benzene ring substituents is 1. The van der Waals surface area contributed by atoms with Gasteiger partial charge in [-0.15, -0.1) is 0 Å². The number of amides is 3. The van der Waals surface area contributed by atoms with Crippen molar-refractivity contribution in [2.24, 2.45) is 0 Å². The predicted octanol–water partition coefficient (Wildman–Crippen LogP) is 5.72. The van der Waals surface area contributed by atoms with Crippen LogP contribution in [0.1, 0.15) is 48.1 Å². The Kier molecular flexibility index (Phi) is 7.79. The van der Waals surface area contributed by atoms with Crippen LogP contribution in [0.4, 0.5) is 27.5 Å². The molecule has 0 radical (unpaired) electrons. The van der Waals surface area contributed by atoms with E-state index >= 15 is 0 Å². The lowest BCUT2D eigenvalue weighted by Crippen LogP contribution is -2.33. The lowest BCUT2D eigenvalue weighted by molar-refractivity contribution is -0.384. The Balaban J connectivity index is 1.52. The Morgan fingerprint density at radius 1 is 0.889 bits per heavy atom. The van der Waals surface area contributed by atoms with Crippen molar-refractivity contribution in [3.63, 3.8) is 0 Å². The summed E-state index contributed by atoms with van der Waals surface area (Å²) in [5.41, 5.74) is 3.16. The number of hydrogen-bond acceptors (Lipinski definition) is 5. The van der Waals surface area contributed by atoms with Crippen molar-refractivity contribution < 1.29 is 14.5 Å². The van der Waals surface area contributed by atoms with Crippen molar-refractivity contribution in [1.82, 2.24) is 5.32 Å². The van der Waals surface area contributed by atoms with Gasteiger partial charge in [0.1, 0.15) is 0 Å². The molecule has 186 valence electrons. The molecule has 4 rings (SSSR count). The van der Waals surface area contributed by atoms with Crippen LogP contribution in [-0.2, 0) is 0 Å². The number of nitro benzene ring substituents is 1. The number of benzene rings is 3. The van der Waals surface area contributed by atoms with Crippen molar-refractivity contribution in [3.05, 3.63) is 94.0 Å². The number of nitrogens with zero attached hydrogens (tertiary/aromatic N) is 2. The van der Waals surface area contributed by atoms with Gasteiger partial charge in [0.2, 0.25) is 0 Å². The van der Waals surface area contributed by atoms with Gasteiger partial charge in [-0.2, -0.15) is 0 Å². The zero-order valence-electron chi connectivity index (χ0n) is 20.1. The fourth-order valence-corrected chi connectivity index (χ4v) is 4.27. The van der Waals surface area contributed by atoms with Gasteiger partial charge in [-0.05, 0) is 62.1 Å². The number of anilines is 3. The molecule has 0 saturated carbocycles. The molecule has 3 aromatic rings. The smallest absolute Gasteiger partial charge is 0.323 e. The highest BCUT2D eigenvalue weighted by atomic mass is 16.6. The third kappa shape index (κ3) is 6.18. The molecule has 3 N–H and O–H groups in total. The van der Waals surface area contributed by atoms with E-state index < -0.39 is 11.0 Å². The molecule has 9 heteroatoms. The first-order valence-corrected chi connectivity index (χ1v) is 12.0. The highest BCUT2D eigenvalue weighted by Crippen LogP contribution is 2.28. The standard InChI is InChI=1S/C27H29N5O4/c1-19(20-8-4-2-5-9-20)28-26(33)24-18-22(12-15-25(24)31-16-6-3-7-17-31)30-27(34)29-21-10-13-23(14-11-21)32(35)36/h2,4-5,8-15,18-19H,3,6-7,16-17H2,1H3,(H,28,33)(H2,29,30,34). The average Bonchev–Trinajstić information content (AvgIpc) is 2.90. The van der Waals surface area contributed by atoms with Crippen LogP contribution in [0.2, 0.25) is 0 Å². The number of carbonyl (C=O) groups is 2. The van der Waals surface area contributed by atoms with Crippen LogP contribution in [0.15, 0.2) is 72.8 Å². The molecule has 1 aliphatic rings. The van der Waals surface area contributed by atoms with Gasteiger partial charge < -0.3 is 20.9 Å². The number of hydrogen-bond donors (Lipinski definition) is 3. The van der Waals surface area contributed by atoms with Gasteiger partial charge in [0.15, 0.2) is 0 Å². The third-order valence-corrected chi connectivity index (χ3v) is 6.18. The zero-order valence-corrected chi connectivity index (χ0v) is 20.1. The Hall–Kier alpha value is -4.40. The van der Waals surface area contributed by atoms with Crippen LogP contribution in [0.25, 0.3) is 0 Å². The van der Waals surface area contributed by atoms with E-state index in [0.29, 0.717) is 16.9 Å². The maximum atomic E-state index is 13.4. The maximum absolute atomic E-state index is 13.4. The highest BCUT2D eigenvalue weighted by Gasteiger charge is 2.21. The lowest BCUT2D eigenvalue weighted by atomic mass is 10.0. The van der Waals surface area contributed by atoms with Crippen LogP contribution in [0, 0.1) is 10.1 Å². The molecule has 0 aromatic heterocycles. The van der Waals surface area contributed by atoms with Crippen LogP contribution in [-0.4, -0.2) is 30.0 Å². The third-order valence-electron chi connectivity index (χ3n) is 6.18. The van der Waals surface area contributed by atoms with Gasteiger partial charge in [0.05, 0.1) is 16.5 Å². The molecule has 1 saturated heterocycles. The molecule has 0 aliphatic carbocycles. The van der Waals surface area contributed by atoms with E-state index in [-0.39, 0.29) is 17.6 Å². The Labute approximate surface area is 209 Å². The number of piperidine rings is 1. The van der Waals surface area contributed by atoms with Crippen molar-refractivity contribution in [1.29, 1.82) is 0 Å². The second-order valence-electron chi connectivity index (χ2n) is 8.77. The van der Waals surface area contributed by atoms with Gasteiger partial charge >= 0.3 is 6.03 Å². The van der Waals surface area contributed by atoms with Crippen LogP contribution in [0.3, 0.4) is 0 Å². The molecule has 1 unspecified atom stereocenters. The molecule has 9 nitrogen and oxygen atoms in total. The fraction of sp³-hybridized carbons (Fsp3) is 0.259. The van der Waals surface area contributed by atoms with Gasteiger partial charge in [0, 0.05) is 42.3 Å². The predicted molar refractivity (Wildman–Crippen MR) is 141 cm³/mol. The molecule has 3 amide bonds. The Bertz CT molecular complexity index is 1220. The van der Waals surface area contributed by atoms with Gasteiger partial charge in [-0.25, -0.2) is 4.79 Å². The molecule has 1 atom stereocenters. The zero-order chi connectivity index (χ0) is 25.5. The van der Waals surface area contributed by atoms with Gasteiger partial charge in [0.25, 0.3) is 11.6 Å². The molecule has 3 aromatic carbocycles. The normalized spacial score (nSPS) is 14.0. The van der Waals surface area contributed by atoms with E-state index in [4.69, 9.17) is 0 Å². The Morgan fingerprint density at radius 2 is 1.53 bits per heavy atom. The first kappa shape index (κ1) is 24.7. The van der Waals surface area contributed by atoms with Crippen LogP contribution < -0.4 is 20.9 Å². The number of nitro groups is 1. The first-order chi connectivity index (χ1) is 17.4. The quantitative estimate of drug-likeness (QED) is 0.291. The van der Waals surface area contributed by atoms with Crippen molar-refractivity contribution >= 4 is 34.7 Å². The van der Waals surface area contributed by atoms with Gasteiger partial charge in [-0.3, -0.25) is 14.9 Å². The first-order valence-electron chi connectivity index (χ1n) is 12.0. The van der Waals surface area contributed by atoms with Crippen molar-refractivity contribution in [2.45, 2.75) is 32.2 Å². The monoisotopic (exact) mass is 487 g/mol. The summed E-state index contributed by atoms with van der Waals surface area (Å²) in [4.78, 5) is 38.5. The van der Waals surface area contributed by atoms with E-state index in [1.807, 2.05) is 43.3 Å². The van der Waals surface area contributed by atoms with E-state index in [9.17, 15) is 19.7 Å². The number of urea groups is 1. The van der Waals surface area contributed by atoms with Crippen LogP contribution >= 0.6 is 0 Å². The topological polar surface area (TPSA) is 117 Å². The maximum Gasteiger partial charge on any atom is 0.323 e. The second-order valence-corrected chi connectivity index (χ2v) is 8.77. The summed E-state index contributed by atoms with van der Waals surface area (Å²) < 4.78 is 0. The molecule has 1 aliphatic heterocycles. The molecule has 36 heavy (non-hydrogen) atoms. The van der Waals surface area contributed by atoms with Crippen LogP contribution in [0.5, 0.6) is 0 Å². The molecule has 0 spiro atoms. The molecule has 0 bridgehead atoms. The minimum Gasteiger partial charge on any atom is -0.371 e. The minimum absolute atomic E-state index is 0.0605. The van der Waals surface area contributed by atoms with Crippen molar-refractivity contribution in [3.8, 4) is 0 Å².